The second-order valence-corrected chi connectivity index (χ2v) is 5.89. The number of carbonyl (C=O) groups is 1. The number of hydrogen-bond donors (Lipinski definition) is 2. The summed E-state index contributed by atoms with van der Waals surface area (Å²) in [5, 5.41) is 8.68. The first-order valence-electron chi connectivity index (χ1n) is 6.20. The van der Waals surface area contributed by atoms with E-state index in [4.69, 9.17) is 11.1 Å². The van der Waals surface area contributed by atoms with Crippen molar-refractivity contribution in [2.75, 3.05) is 6.54 Å². The van der Waals surface area contributed by atoms with E-state index >= 15 is 0 Å². The maximum Gasteiger partial charge on any atom is 0.275 e. The molecular formula is C13H20N4OS. The number of thiophene rings is 1. The SMILES string of the molecule is Cc1sc(C(=O)NN)cc1CN(CCC#N)C(C)C. The number of hydrogen-bond acceptors (Lipinski definition) is 5. The molecule has 1 aromatic heterocycles. The van der Waals surface area contributed by atoms with Crippen molar-refractivity contribution in [2.45, 2.75) is 39.8 Å². The summed E-state index contributed by atoms with van der Waals surface area (Å²) in [5.74, 6) is 4.88. The van der Waals surface area contributed by atoms with E-state index < -0.39 is 0 Å². The van der Waals surface area contributed by atoms with Gasteiger partial charge in [-0.1, -0.05) is 0 Å². The van der Waals surface area contributed by atoms with Crippen molar-refractivity contribution in [1.29, 1.82) is 5.26 Å². The molecule has 0 bridgehead atoms. The normalized spacial score (nSPS) is 10.8. The minimum absolute atomic E-state index is 0.257. The molecule has 6 heteroatoms. The Hall–Kier alpha value is -1.42. The second-order valence-electron chi connectivity index (χ2n) is 4.64. The summed E-state index contributed by atoms with van der Waals surface area (Å²) in [6.45, 7) is 7.69. The van der Waals surface area contributed by atoms with Gasteiger partial charge < -0.3 is 0 Å². The summed E-state index contributed by atoms with van der Waals surface area (Å²) >= 11 is 1.44. The summed E-state index contributed by atoms with van der Waals surface area (Å²) in [6, 6.07) is 4.41. The Morgan fingerprint density at radius 2 is 2.32 bits per heavy atom. The summed E-state index contributed by atoms with van der Waals surface area (Å²) in [4.78, 5) is 15.4. The van der Waals surface area contributed by atoms with Crippen LogP contribution in [0.3, 0.4) is 0 Å². The number of nitriles is 1. The first-order valence-corrected chi connectivity index (χ1v) is 7.02. The number of carbonyl (C=O) groups excluding carboxylic acids is 1. The molecule has 1 amide bonds. The Morgan fingerprint density at radius 3 is 2.84 bits per heavy atom. The maximum absolute atomic E-state index is 11.5. The van der Waals surface area contributed by atoms with Gasteiger partial charge in [0.1, 0.15) is 0 Å². The molecule has 5 nitrogen and oxygen atoms in total. The predicted molar refractivity (Wildman–Crippen MR) is 76.5 cm³/mol. The van der Waals surface area contributed by atoms with Crippen molar-refractivity contribution in [3.05, 3.63) is 21.4 Å². The smallest absolute Gasteiger partial charge is 0.275 e. The highest BCUT2D eigenvalue weighted by atomic mass is 32.1. The zero-order valence-electron chi connectivity index (χ0n) is 11.6. The molecule has 0 spiro atoms. The van der Waals surface area contributed by atoms with Gasteiger partial charge in [-0.2, -0.15) is 5.26 Å². The molecule has 1 aromatic rings. The fourth-order valence-corrected chi connectivity index (χ4v) is 2.73. The number of nitrogens with zero attached hydrogens (tertiary/aromatic N) is 2. The molecule has 0 aliphatic heterocycles. The van der Waals surface area contributed by atoms with Crippen molar-refractivity contribution >= 4 is 17.2 Å². The number of nitrogens with two attached hydrogens (primary N) is 1. The van der Waals surface area contributed by atoms with Crippen molar-refractivity contribution < 1.29 is 4.79 Å². The molecule has 0 saturated carbocycles. The van der Waals surface area contributed by atoms with Crippen LogP contribution in [-0.4, -0.2) is 23.4 Å². The Labute approximate surface area is 118 Å². The van der Waals surface area contributed by atoms with Gasteiger partial charge in [0.25, 0.3) is 5.91 Å². The third kappa shape index (κ3) is 4.31. The van der Waals surface area contributed by atoms with Crippen LogP contribution in [0.5, 0.6) is 0 Å². The zero-order valence-corrected chi connectivity index (χ0v) is 12.4. The summed E-state index contributed by atoms with van der Waals surface area (Å²) in [6.07, 6.45) is 0.511. The number of nitrogen functional groups attached to an aromatic ring is 1. The Bertz CT molecular complexity index is 475. The molecule has 0 aromatic carbocycles. The summed E-state index contributed by atoms with van der Waals surface area (Å²) in [7, 11) is 0. The van der Waals surface area contributed by atoms with Crippen LogP contribution >= 0.6 is 11.3 Å². The highest BCUT2D eigenvalue weighted by Crippen LogP contribution is 2.23. The molecule has 0 unspecified atom stereocenters. The van der Waals surface area contributed by atoms with Gasteiger partial charge in [0, 0.05) is 30.4 Å². The standard InChI is InChI=1S/C13H20N4OS/c1-9(2)17(6-4-5-14)8-11-7-12(13(18)16-15)19-10(11)3/h7,9H,4,6,8,15H2,1-3H3,(H,16,18). The van der Waals surface area contributed by atoms with Crippen LogP contribution < -0.4 is 11.3 Å². The lowest BCUT2D eigenvalue weighted by molar-refractivity contribution is 0.0957. The van der Waals surface area contributed by atoms with E-state index in [1.165, 1.54) is 11.3 Å². The van der Waals surface area contributed by atoms with E-state index in [0.717, 1.165) is 23.5 Å². The highest BCUT2D eigenvalue weighted by molar-refractivity contribution is 7.14. The summed E-state index contributed by atoms with van der Waals surface area (Å²) in [5.41, 5.74) is 3.27. The molecule has 3 N–H and O–H groups in total. The first-order chi connectivity index (χ1) is 8.99. The van der Waals surface area contributed by atoms with Gasteiger partial charge in [0.05, 0.1) is 10.9 Å². The molecule has 19 heavy (non-hydrogen) atoms. The van der Waals surface area contributed by atoms with E-state index in [2.05, 4.69) is 30.2 Å². The Morgan fingerprint density at radius 1 is 1.63 bits per heavy atom. The monoisotopic (exact) mass is 280 g/mol. The van der Waals surface area contributed by atoms with Gasteiger partial charge in [-0.05, 0) is 32.4 Å². The van der Waals surface area contributed by atoms with Crippen LogP contribution in [0.2, 0.25) is 0 Å². The zero-order chi connectivity index (χ0) is 14.4. The minimum atomic E-state index is -0.257. The van der Waals surface area contributed by atoms with Crippen molar-refractivity contribution in [1.82, 2.24) is 10.3 Å². The molecule has 1 heterocycles. The fourth-order valence-electron chi connectivity index (χ4n) is 1.79. The maximum atomic E-state index is 11.5. The Balaban J connectivity index is 2.82. The minimum Gasteiger partial charge on any atom is -0.296 e. The number of nitrogens with one attached hydrogen (secondary N) is 1. The van der Waals surface area contributed by atoms with Gasteiger partial charge in [-0.15, -0.1) is 11.3 Å². The van der Waals surface area contributed by atoms with Gasteiger partial charge in [0.15, 0.2) is 0 Å². The molecule has 0 aliphatic rings. The van der Waals surface area contributed by atoms with E-state index in [9.17, 15) is 4.79 Å². The first kappa shape index (κ1) is 15.6. The lowest BCUT2D eigenvalue weighted by Gasteiger charge is -2.25. The van der Waals surface area contributed by atoms with E-state index in [1.54, 1.807) is 0 Å². The van der Waals surface area contributed by atoms with Crippen molar-refractivity contribution in [2.24, 2.45) is 5.84 Å². The van der Waals surface area contributed by atoms with Crippen molar-refractivity contribution in [3.8, 4) is 6.07 Å². The Kier molecular flexibility index (Phi) is 5.96. The number of rotatable bonds is 6. The van der Waals surface area contributed by atoms with Crippen LogP contribution in [0.25, 0.3) is 0 Å². The third-order valence-corrected chi connectivity index (χ3v) is 4.08. The van der Waals surface area contributed by atoms with E-state index in [1.807, 2.05) is 13.0 Å². The lowest BCUT2D eigenvalue weighted by Crippen LogP contribution is -2.31. The van der Waals surface area contributed by atoms with Gasteiger partial charge in [-0.3, -0.25) is 15.1 Å². The van der Waals surface area contributed by atoms with Crippen LogP contribution in [0, 0.1) is 18.3 Å². The number of amides is 1. The highest BCUT2D eigenvalue weighted by Gasteiger charge is 2.15. The fraction of sp³-hybridized carbons (Fsp3) is 0.538. The van der Waals surface area contributed by atoms with E-state index in [-0.39, 0.29) is 5.91 Å². The molecule has 104 valence electrons. The van der Waals surface area contributed by atoms with Crippen LogP contribution in [-0.2, 0) is 6.54 Å². The van der Waals surface area contributed by atoms with E-state index in [0.29, 0.717) is 17.3 Å². The molecule has 0 aliphatic carbocycles. The van der Waals surface area contributed by atoms with Gasteiger partial charge in [0.2, 0.25) is 0 Å². The van der Waals surface area contributed by atoms with Gasteiger partial charge >= 0.3 is 0 Å². The third-order valence-electron chi connectivity index (χ3n) is 2.99. The lowest BCUT2D eigenvalue weighted by atomic mass is 10.2. The van der Waals surface area contributed by atoms with Crippen molar-refractivity contribution in [3.63, 3.8) is 0 Å². The van der Waals surface area contributed by atoms with Gasteiger partial charge in [-0.25, -0.2) is 5.84 Å². The molecule has 0 atom stereocenters. The molecule has 0 saturated heterocycles. The average Bonchev–Trinajstić information content (AvgIpc) is 2.74. The van der Waals surface area contributed by atoms with Crippen LogP contribution in [0.4, 0.5) is 0 Å². The molecular weight excluding hydrogens is 260 g/mol. The largest absolute Gasteiger partial charge is 0.296 e. The molecule has 1 rings (SSSR count). The van der Waals surface area contributed by atoms with Crippen LogP contribution in [0.15, 0.2) is 6.07 Å². The number of hydrazine groups is 1. The number of aryl methyl sites for hydroxylation is 1. The topological polar surface area (TPSA) is 82.2 Å². The summed E-state index contributed by atoms with van der Waals surface area (Å²) < 4.78 is 0. The molecule has 0 fully saturated rings. The van der Waals surface area contributed by atoms with Crippen LogP contribution in [0.1, 0.15) is 40.4 Å². The second kappa shape index (κ2) is 7.24. The average molecular weight is 280 g/mol. The molecule has 0 radical (unpaired) electrons. The quantitative estimate of drug-likeness (QED) is 0.473. The predicted octanol–water partition coefficient (Wildman–Crippen LogP) is 1.78.